The number of hydrogen-bond acceptors (Lipinski definition) is 9. The number of ether oxygens (including phenoxy) is 1. The van der Waals surface area contributed by atoms with Gasteiger partial charge in [-0.15, -0.1) is 0 Å². The van der Waals surface area contributed by atoms with Crippen molar-refractivity contribution in [2.75, 3.05) is 26.2 Å². The maximum absolute atomic E-state index is 13.1. The van der Waals surface area contributed by atoms with Crippen LogP contribution in [-0.4, -0.2) is 88.2 Å². The Hall–Kier alpha value is -3.87. The van der Waals surface area contributed by atoms with E-state index in [0.29, 0.717) is 109 Å². The monoisotopic (exact) mass is 701 g/mol. The Balaban J connectivity index is 1.48. The number of amides is 4. The molecule has 1 aliphatic heterocycles. The molecular weight excluding hydrogens is 642 g/mol. The van der Waals surface area contributed by atoms with Gasteiger partial charge in [-0.3, -0.25) is 33.8 Å². The third-order valence-electron chi connectivity index (χ3n) is 8.29. The molecule has 1 aromatic rings. The molecule has 1 aliphatic rings. The number of aliphatic hydroxyl groups excluding tert-OH is 1. The summed E-state index contributed by atoms with van der Waals surface area (Å²) in [6.45, 7) is 7.61. The van der Waals surface area contributed by atoms with Crippen LogP contribution in [0.15, 0.2) is 24.5 Å². The Morgan fingerprint density at radius 3 is 1.88 bits per heavy atom. The Kier molecular flexibility index (Phi) is 19.9. The summed E-state index contributed by atoms with van der Waals surface area (Å²) in [4.78, 5) is 79.4. The molecule has 1 aromatic heterocycles. The molecule has 2 atom stereocenters. The number of esters is 1. The van der Waals surface area contributed by atoms with E-state index in [1.165, 1.54) is 12.4 Å². The lowest BCUT2D eigenvalue weighted by molar-refractivity contribution is -0.155. The van der Waals surface area contributed by atoms with Crippen LogP contribution in [0, 0.1) is 0 Å². The Morgan fingerprint density at radius 1 is 0.740 bits per heavy atom. The van der Waals surface area contributed by atoms with Gasteiger partial charge in [0.2, 0.25) is 23.6 Å². The van der Waals surface area contributed by atoms with Crippen molar-refractivity contribution in [3.05, 3.63) is 30.1 Å². The molecule has 1 saturated heterocycles. The SMILES string of the molecule is CC(C)(C)OC(=O)CCCCC(=O)NCCCC(=O)CCCCC(=O)NCCCCCC(=O)N[C@@H](C(=O)N1CCCC1)[C@@H](O)c1ccncc1. The van der Waals surface area contributed by atoms with Crippen LogP contribution in [0.4, 0.5) is 0 Å². The highest BCUT2D eigenvalue weighted by Gasteiger charge is 2.34. The number of carbonyl (C=O) groups excluding carboxylic acids is 6. The van der Waals surface area contributed by atoms with E-state index >= 15 is 0 Å². The van der Waals surface area contributed by atoms with E-state index in [1.807, 2.05) is 20.8 Å². The first-order chi connectivity index (χ1) is 23.9. The minimum absolute atomic E-state index is 0.0719. The van der Waals surface area contributed by atoms with Crippen molar-refractivity contribution in [2.24, 2.45) is 0 Å². The summed E-state index contributed by atoms with van der Waals surface area (Å²) in [5.41, 5.74) is 0.00555. The molecule has 0 spiro atoms. The molecule has 2 rings (SSSR count). The van der Waals surface area contributed by atoms with Crippen molar-refractivity contribution in [3.63, 3.8) is 0 Å². The van der Waals surface area contributed by atoms with Crippen LogP contribution in [0.25, 0.3) is 0 Å². The fraction of sp³-hybridized carbons (Fsp3) is 0.703. The first-order valence-corrected chi connectivity index (χ1v) is 18.3. The highest BCUT2D eigenvalue weighted by atomic mass is 16.6. The maximum Gasteiger partial charge on any atom is 0.306 e. The molecule has 0 bridgehead atoms. The summed E-state index contributed by atoms with van der Waals surface area (Å²) < 4.78 is 5.25. The fourth-order valence-electron chi connectivity index (χ4n) is 5.59. The molecular formula is C37H59N5O8. The zero-order chi connectivity index (χ0) is 36.8. The number of carbonyl (C=O) groups is 6. The number of aliphatic hydroxyl groups is 1. The average Bonchev–Trinajstić information content (AvgIpc) is 3.62. The lowest BCUT2D eigenvalue weighted by atomic mass is 10.0. The second-order valence-electron chi connectivity index (χ2n) is 14.0. The van der Waals surface area contributed by atoms with E-state index in [9.17, 15) is 33.9 Å². The van der Waals surface area contributed by atoms with Crippen molar-refractivity contribution < 1.29 is 38.6 Å². The number of unbranched alkanes of at least 4 members (excludes halogenated alkanes) is 4. The van der Waals surface area contributed by atoms with Crippen molar-refractivity contribution in [2.45, 2.75) is 141 Å². The second kappa shape index (κ2) is 23.5. The molecule has 13 nitrogen and oxygen atoms in total. The van der Waals surface area contributed by atoms with Crippen molar-refractivity contribution >= 4 is 35.4 Å². The number of Topliss-reactive ketones (excluding diaryl/α,β-unsaturated/α-hetero) is 1. The number of likely N-dealkylation sites (tertiary alicyclic amines) is 1. The molecule has 0 unspecified atom stereocenters. The topological polar surface area (TPSA) is 184 Å². The van der Waals surface area contributed by atoms with Gasteiger partial charge in [-0.25, -0.2) is 0 Å². The van der Waals surface area contributed by atoms with Crippen molar-refractivity contribution in [1.82, 2.24) is 25.8 Å². The van der Waals surface area contributed by atoms with Crippen LogP contribution in [-0.2, 0) is 33.5 Å². The summed E-state index contributed by atoms with van der Waals surface area (Å²) in [5, 5.41) is 19.3. The number of rotatable bonds is 24. The molecule has 13 heteroatoms. The van der Waals surface area contributed by atoms with Gasteiger partial charge in [-0.05, 0) is 96.3 Å². The summed E-state index contributed by atoms with van der Waals surface area (Å²) in [6.07, 6.45) is 10.6. The quantitative estimate of drug-likeness (QED) is 0.0919. The number of nitrogens with one attached hydrogen (secondary N) is 3. The van der Waals surface area contributed by atoms with E-state index in [-0.39, 0.29) is 48.2 Å². The molecule has 50 heavy (non-hydrogen) atoms. The first-order valence-electron chi connectivity index (χ1n) is 18.3. The number of aromatic nitrogens is 1. The first kappa shape index (κ1) is 42.3. The Morgan fingerprint density at radius 2 is 1.26 bits per heavy atom. The van der Waals surface area contributed by atoms with Gasteiger partial charge in [0, 0.05) is 77.1 Å². The average molecular weight is 702 g/mol. The van der Waals surface area contributed by atoms with Gasteiger partial charge in [0.1, 0.15) is 23.5 Å². The summed E-state index contributed by atoms with van der Waals surface area (Å²) >= 11 is 0. The van der Waals surface area contributed by atoms with Gasteiger partial charge in [-0.2, -0.15) is 0 Å². The highest BCUT2D eigenvalue weighted by molar-refractivity contribution is 5.88. The third-order valence-corrected chi connectivity index (χ3v) is 8.29. The molecule has 4 N–H and O–H groups in total. The van der Waals surface area contributed by atoms with Gasteiger partial charge >= 0.3 is 5.97 Å². The molecule has 2 heterocycles. The lowest BCUT2D eigenvalue weighted by Crippen LogP contribution is -2.51. The van der Waals surface area contributed by atoms with Gasteiger partial charge in [0.05, 0.1) is 0 Å². The van der Waals surface area contributed by atoms with Crippen LogP contribution in [0.5, 0.6) is 0 Å². The number of pyridine rings is 1. The van der Waals surface area contributed by atoms with Crippen molar-refractivity contribution in [3.8, 4) is 0 Å². The molecule has 0 aromatic carbocycles. The van der Waals surface area contributed by atoms with Crippen LogP contribution in [0.1, 0.15) is 135 Å². The maximum atomic E-state index is 13.1. The van der Waals surface area contributed by atoms with Gasteiger partial charge in [-0.1, -0.05) is 6.42 Å². The summed E-state index contributed by atoms with van der Waals surface area (Å²) in [5.74, 6) is -0.900. The van der Waals surface area contributed by atoms with Crippen LogP contribution in [0.2, 0.25) is 0 Å². The zero-order valence-electron chi connectivity index (χ0n) is 30.3. The molecule has 0 aliphatic carbocycles. The van der Waals surface area contributed by atoms with E-state index in [4.69, 9.17) is 4.74 Å². The standard InChI is InChI=1S/C37H59N5O8/c1-37(2,3)50-33(47)19-9-8-17-31(45)40-23-13-15-29(43)14-6-7-16-30(44)39-22-10-4-5-18-32(46)41-34(36(49)42-26-11-12-27-42)35(48)28-20-24-38-25-21-28/h20-21,24-25,34-35,48H,4-19,22-23,26-27H2,1-3H3,(H,39,44)(H,40,45)(H,41,46)/t34-,35+/m1/s1. The van der Waals surface area contributed by atoms with E-state index in [2.05, 4.69) is 20.9 Å². The Labute approximate surface area is 297 Å². The lowest BCUT2D eigenvalue weighted by Gasteiger charge is -2.28. The largest absolute Gasteiger partial charge is 0.460 e. The number of ketones is 1. The van der Waals surface area contributed by atoms with Crippen LogP contribution >= 0.6 is 0 Å². The molecule has 0 saturated carbocycles. The normalized spacial score (nSPS) is 14.0. The van der Waals surface area contributed by atoms with Crippen molar-refractivity contribution in [1.29, 1.82) is 0 Å². The predicted molar refractivity (Wildman–Crippen MR) is 188 cm³/mol. The molecule has 0 radical (unpaired) electrons. The summed E-state index contributed by atoms with van der Waals surface area (Å²) in [7, 11) is 0. The number of hydrogen-bond donors (Lipinski definition) is 4. The molecule has 280 valence electrons. The van der Waals surface area contributed by atoms with Crippen LogP contribution in [0.3, 0.4) is 0 Å². The molecule has 1 fully saturated rings. The third kappa shape index (κ3) is 18.8. The smallest absolute Gasteiger partial charge is 0.306 e. The minimum atomic E-state index is -1.18. The summed E-state index contributed by atoms with van der Waals surface area (Å²) in [6, 6.07) is 2.19. The van der Waals surface area contributed by atoms with Gasteiger partial charge in [0.25, 0.3) is 0 Å². The predicted octanol–water partition coefficient (Wildman–Crippen LogP) is 3.83. The van der Waals surface area contributed by atoms with E-state index in [0.717, 1.165) is 12.8 Å². The zero-order valence-corrected chi connectivity index (χ0v) is 30.3. The molecule has 4 amide bonds. The fourth-order valence-corrected chi connectivity index (χ4v) is 5.59. The van der Waals surface area contributed by atoms with E-state index in [1.54, 1.807) is 17.0 Å². The van der Waals surface area contributed by atoms with Gasteiger partial charge < -0.3 is 30.7 Å². The van der Waals surface area contributed by atoms with Crippen LogP contribution < -0.4 is 16.0 Å². The Bertz CT molecular complexity index is 1210. The van der Waals surface area contributed by atoms with E-state index < -0.39 is 17.7 Å². The minimum Gasteiger partial charge on any atom is -0.460 e. The van der Waals surface area contributed by atoms with Gasteiger partial charge in [0.15, 0.2) is 0 Å². The number of nitrogens with zero attached hydrogens (tertiary/aromatic N) is 2. The second-order valence-corrected chi connectivity index (χ2v) is 14.0. The highest BCUT2D eigenvalue weighted by Crippen LogP contribution is 2.20.